The smallest absolute Gasteiger partial charge is 0.244 e. The van der Waals surface area contributed by atoms with Crippen molar-refractivity contribution in [3.8, 4) is 0 Å². The average molecular weight is 506 g/mol. The Morgan fingerprint density at radius 2 is 1.69 bits per heavy atom. The molecule has 0 fully saturated rings. The quantitative estimate of drug-likeness (QED) is 0.528. The van der Waals surface area contributed by atoms with Crippen molar-refractivity contribution in [2.24, 2.45) is 0 Å². The van der Waals surface area contributed by atoms with E-state index in [4.69, 9.17) is 0 Å². The van der Waals surface area contributed by atoms with E-state index >= 15 is 0 Å². The summed E-state index contributed by atoms with van der Waals surface area (Å²) in [7, 11) is -3.94. The van der Waals surface area contributed by atoms with Crippen molar-refractivity contribution in [3.63, 3.8) is 0 Å². The third kappa shape index (κ3) is 7.88. The maximum absolute atomic E-state index is 14.4. The van der Waals surface area contributed by atoms with Gasteiger partial charge in [-0.3, -0.25) is 18.7 Å². The van der Waals surface area contributed by atoms with E-state index in [9.17, 15) is 27.2 Å². The highest BCUT2D eigenvalue weighted by molar-refractivity contribution is 7.92. The van der Waals surface area contributed by atoms with Gasteiger partial charge in [0.15, 0.2) is 5.78 Å². The molecule has 0 radical (unpaired) electrons. The number of carbonyl (C=O) groups excluding carboxylic acids is 3. The molecule has 0 spiro atoms. The number of nitrogens with one attached hydrogen (secondary N) is 1. The highest BCUT2D eigenvalue weighted by atomic mass is 32.2. The SMILES string of the molecule is CC(=O)c1cccc(N(CC(=O)N(Cc2ccccc2F)[C@H](C)C(=O)NC(C)(C)C)S(C)(=O)=O)c1. The van der Waals surface area contributed by atoms with Gasteiger partial charge in [-0.25, -0.2) is 12.8 Å². The Hall–Kier alpha value is -3.27. The molecule has 1 atom stereocenters. The predicted molar refractivity (Wildman–Crippen MR) is 133 cm³/mol. The van der Waals surface area contributed by atoms with E-state index in [0.29, 0.717) is 0 Å². The van der Waals surface area contributed by atoms with Gasteiger partial charge in [-0.15, -0.1) is 0 Å². The zero-order valence-electron chi connectivity index (χ0n) is 20.8. The van der Waals surface area contributed by atoms with Gasteiger partial charge in [0, 0.05) is 23.2 Å². The highest BCUT2D eigenvalue weighted by Gasteiger charge is 2.32. The zero-order chi connectivity index (χ0) is 26.6. The van der Waals surface area contributed by atoms with E-state index in [0.717, 1.165) is 15.5 Å². The second-order valence-corrected chi connectivity index (χ2v) is 11.3. The van der Waals surface area contributed by atoms with Crippen LogP contribution in [0.3, 0.4) is 0 Å². The molecule has 8 nitrogen and oxygen atoms in total. The fourth-order valence-corrected chi connectivity index (χ4v) is 4.20. The molecule has 10 heteroatoms. The van der Waals surface area contributed by atoms with Crippen LogP contribution in [0.2, 0.25) is 0 Å². The number of carbonyl (C=O) groups is 3. The molecule has 0 aliphatic rings. The minimum Gasteiger partial charge on any atom is -0.350 e. The van der Waals surface area contributed by atoms with E-state index in [2.05, 4.69) is 5.32 Å². The topological polar surface area (TPSA) is 104 Å². The van der Waals surface area contributed by atoms with E-state index in [1.165, 1.54) is 56.3 Å². The summed E-state index contributed by atoms with van der Waals surface area (Å²) in [6, 6.07) is 10.7. The first-order valence-electron chi connectivity index (χ1n) is 11.0. The summed E-state index contributed by atoms with van der Waals surface area (Å²) >= 11 is 0. The number of Topliss-reactive ketones (excluding diaryl/α,β-unsaturated/α-hetero) is 1. The first kappa shape index (κ1) is 28.0. The Morgan fingerprint density at radius 3 is 2.23 bits per heavy atom. The molecular weight excluding hydrogens is 473 g/mol. The lowest BCUT2D eigenvalue weighted by Gasteiger charge is -2.33. The number of halogens is 1. The largest absolute Gasteiger partial charge is 0.350 e. The van der Waals surface area contributed by atoms with Crippen LogP contribution in [-0.4, -0.2) is 55.3 Å². The van der Waals surface area contributed by atoms with E-state index in [1.54, 1.807) is 26.8 Å². The van der Waals surface area contributed by atoms with Gasteiger partial charge in [-0.05, 0) is 52.8 Å². The third-order valence-corrected chi connectivity index (χ3v) is 6.32. The summed E-state index contributed by atoms with van der Waals surface area (Å²) in [4.78, 5) is 39.3. The van der Waals surface area contributed by atoms with Crippen molar-refractivity contribution in [1.29, 1.82) is 0 Å². The van der Waals surface area contributed by atoms with Crippen LogP contribution < -0.4 is 9.62 Å². The Kier molecular flexibility index (Phi) is 8.78. The Morgan fingerprint density at radius 1 is 1.06 bits per heavy atom. The summed E-state index contributed by atoms with van der Waals surface area (Å²) < 4.78 is 40.5. The van der Waals surface area contributed by atoms with Gasteiger partial charge in [0.2, 0.25) is 21.8 Å². The Labute approximate surface area is 206 Å². The zero-order valence-corrected chi connectivity index (χ0v) is 21.6. The van der Waals surface area contributed by atoms with Crippen molar-refractivity contribution in [1.82, 2.24) is 10.2 Å². The number of sulfonamides is 1. The number of rotatable bonds is 9. The molecule has 0 aliphatic carbocycles. The van der Waals surface area contributed by atoms with Crippen molar-refractivity contribution in [2.75, 3.05) is 17.1 Å². The molecule has 35 heavy (non-hydrogen) atoms. The van der Waals surface area contributed by atoms with Gasteiger partial charge in [0.05, 0.1) is 11.9 Å². The molecule has 0 unspecified atom stereocenters. The third-order valence-electron chi connectivity index (χ3n) is 5.18. The lowest BCUT2D eigenvalue weighted by molar-refractivity contribution is -0.140. The molecule has 1 N–H and O–H groups in total. The number of benzene rings is 2. The first-order valence-corrected chi connectivity index (χ1v) is 12.9. The number of nitrogens with zero attached hydrogens (tertiary/aromatic N) is 2. The van der Waals surface area contributed by atoms with Crippen molar-refractivity contribution in [3.05, 3.63) is 65.5 Å². The fraction of sp³-hybridized carbons (Fsp3) is 0.400. The lowest BCUT2D eigenvalue weighted by atomic mass is 10.1. The average Bonchev–Trinajstić information content (AvgIpc) is 2.74. The van der Waals surface area contributed by atoms with Gasteiger partial charge >= 0.3 is 0 Å². The Bertz CT molecular complexity index is 1210. The molecule has 2 aromatic rings. The van der Waals surface area contributed by atoms with Gasteiger partial charge in [0.1, 0.15) is 18.4 Å². The molecular formula is C25H32FN3O5S. The van der Waals surface area contributed by atoms with E-state index < -0.39 is 45.8 Å². The van der Waals surface area contributed by atoms with E-state index in [1.807, 2.05) is 0 Å². The number of anilines is 1. The standard InChI is InChI=1S/C25H32FN3O5S/c1-17(24(32)27-25(3,4)5)28(15-20-10-7-8-13-22(20)26)23(31)16-29(35(6,33)34)21-12-9-11-19(14-21)18(2)30/h7-14,17H,15-16H2,1-6H3,(H,27,32)/t17-/m1/s1. The summed E-state index contributed by atoms with van der Waals surface area (Å²) in [5.74, 6) is -1.99. The van der Waals surface area contributed by atoms with Gasteiger partial charge in [-0.1, -0.05) is 30.3 Å². The van der Waals surface area contributed by atoms with Crippen LogP contribution in [-0.2, 0) is 26.2 Å². The summed E-state index contributed by atoms with van der Waals surface area (Å²) in [5.41, 5.74) is 0.0147. The van der Waals surface area contributed by atoms with Crippen LogP contribution in [0.1, 0.15) is 50.5 Å². The van der Waals surface area contributed by atoms with Crippen LogP contribution in [0, 0.1) is 5.82 Å². The molecule has 0 saturated carbocycles. The van der Waals surface area contributed by atoms with Crippen LogP contribution in [0.5, 0.6) is 0 Å². The number of ketones is 1. The molecule has 0 bridgehead atoms. The molecule has 2 rings (SSSR count). The van der Waals surface area contributed by atoms with Crippen molar-refractivity contribution in [2.45, 2.75) is 52.7 Å². The lowest BCUT2D eigenvalue weighted by Crippen LogP contribution is -2.54. The molecule has 0 aromatic heterocycles. The maximum atomic E-state index is 14.4. The van der Waals surface area contributed by atoms with Crippen LogP contribution in [0.15, 0.2) is 48.5 Å². The molecule has 0 heterocycles. The Balaban J connectivity index is 2.46. The van der Waals surface area contributed by atoms with Crippen LogP contribution in [0.4, 0.5) is 10.1 Å². The monoisotopic (exact) mass is 505 g/mol. The van der Waals surface area contributed by atoms with Gasteiger partial charge in [0.25, 0.3) is 0 Å². The van der Waals surface area contributed by atoms with Crippen molar-refractivity contribution < 1.29 is 27.2 Å². The number of hydrogen-bond acceptors (Lipinski definition) is 5. The first-order chi connectivity index (χ1) is 16.1. The summed E-state index contributed by atoms with van der Waals surface area (Å²) in [6.07, 6.45) is 0.942. The number of hydrogen-bond donors (Lipinski definition) is 1. The van der Waals surface area contributed by atoms with Crippen LogP contribution >= 0.6 is 0 Å². The molecule has 0 saturated heterocycles. The fourth-order valence-electron chi connectivity index (χ4n) is 3.36. The normalized spacial score (nSPS) is 12.5. The minimum atomic E-state index is -3.94. The van der Waals surface area contributed by atoms with E-state index in [-0.39, 0.29) is 29.1 Å². The second kappa shape index (κ2) is 11.0. The molecule has 2 amide bonds. The number of amides is 2. The maximum Gasteiger partial charge on any atom is 0.244 e. The van der Waals surface area contributed by atoms with Crippen LogP contribution in [0.25, 0.3) is 0 Å². The van der Waals surface area contributed by atoms with Gasteiger partial charge < -0.3 is 10.2 Å². The van der Waals surface area contributed by atoms with Gasteiger partial charge in [-0.2, -0.15) is 0 Å². The highest BCUT2D eigenvalue weighted by Crippen LogP contribution is 2.21. The molecule has 2 aromatic carbocycles. The molecule has 190 valence electrons. The van der Waals surface area contributed by atoms with Crippen molar-refractivity contribution >= 4 is 33.3 Å². The molecule has 0 aliphatic heterocycles. The predicted octanol–water partition coefficient (Wildman–Crippen LogP) is 3.13. The summed E-state index contributed by atoms with van der Waals surface area (Å²) in [6.45, 7) is 7.33. The second-order valence-electron chi connectivity index (χ2n) is 9.40. The summed E-state index contributed by atoms with van der Waals surface area (Å²) in [5, 5.41) is 2.79. The minimum absolute atomic E-state index is 0.131.